The van der Waals surface area contributed by atoms with Crippen LogP contribution in [0.4, 0.5) is 0 Å². The van der Waals surface area contributed by atoms with Gasteiger partial charge in [0.25, 0.3) is 0 Å². The van der Waals surface area contributed by atoms with Crippen LogP contribution in [0.1, 0.15) is 79.3 Å². The Hall–Kier alpha value is -2.65. The molecular weight excluding hydrogens is 372 g/mol. The van der Waals surface area contributed by atoms with Gasteiger partial charge in [0.15, 0.2) is 0 Å². The molecule has 0 saturated carbocycles. The first kappa shape index (κ1) is 20.6. The van der Waals surface area contributed by atoms with Gasteiger partial charge in [0.2, 0.25) is 0 Å². The average Bonchev–Trinajstić information content (AvgIpc) is 2.75. The molecule has 0 saturated heterocycles. The molecule has 0 spiro atoms. The second-order valence-corrected chi connectivity index (χ2v) is 9.79. The van der Waals surface area contributed by atoms with Crippen LogP contribution in [-0.2, 0) is 15.6 Å². The molecule has 0 bridgehead atoms. The largest absolute Gasteiger partial charge is 0.465 e. The molecule has 0 fully saturated rings. The predicted molar refractivity (Wildman–Crippen MR) is 121 cm³/mol. The van der Waals surface area contributed by atoms with E-state index in [9.17, 15) is 9.90 Å². The van der Waals surface area contributed by atoms with E-state index in [2.05, 4.69) is 45.9 Å². The van der Waals surface area contributed by atoms with Crippen molar-refractivity contribution >= 4 is 16.7 Å². The molecule has 30 heavy (non-hydrogen) atoms. The van der Waals surface area contributed by atoms with Crippen molar-refractivity contribution in [3.05, 3.63) is 82.4 Å². The minimum absolute atomic E-state index is 0.105. The Labute approximate surface area is 178 Å². The first-order valence-electron chi connectivity index (χ1n) is 10.6. The Kier molecular flexibility index (Phi) is 4.98. The Morgan fingerprint density at radius 2 is 1.40 bits per heavy atom. The van der Waals surface area contributed by atoms with Gasteiger partial charge in [0.1, 0.15) is 6.10 Å². The molecule has 3 aromatic carbocycles. The van der Waals surface area contributed by atoms with Gasteiger partial charge in [-0.25, -0.2) is 4.79 Å². The minimum atomic E-state index is -0.694. The van der Waals surface area contributed by atoms with E-state index in [1.807, 2.05) is 30.3 Å². The molecule has 1 aliphatic carbocycles. The Balaban J connectivity index is 1.72. The van der Waals surface area contributed by atoms with Gasteiger partial charge in [0, 0.05) is 0 Å². The monoisotopic (exact) mass is 402 g/mol. The zero-order valence-corrected chi connectivity index (χ0v) is 18.5. The van der Waals surface area contributed by atoms with Crippen LogP contribution in [0, 0.1) is 0 Å². The molecule has 3 aromatic rings. The fourth-order valence-electron chi connectivity index (χ4n) is 4.65. The van der Waals surface area contributed by atoms with Crippen molar-refractivity contribution in [2.24, 2.45) is 0 Å². The molecule has 0 aromatic heterocycles. The number of ether oxygens (including phenoxy) is 1. The minimum Gasteiger partial charge on any atom is -0.465 e. The van der Waals surface area contributed by atoms with Gasteiger partial charge in [-0.15, -0.1) is 0 Å². The second kappa shape index (κ2) is 7.24. The van der Waals surface area contributed by atoms with Crippen molar-refractivity contribution < 1.29 is 14.6 Å². The quantitative estimate of drug-likeness (QED) is 0.542. The van der Waals surface area contributed by atoms with E-state index < -0.39 is 6.10 Å². The van der Waals surface area contributed by atoms with Crippen LogP contribution in [0.3, 0.4) is 0 Å². The van der Waals surface area contributed by atoms with Crippen molar-refractivity contribution in [3.63, 3.8) is 0 Å². The number of carbonyl (C=O) groups is 1. The second-order valence-electron chi connectivity index (χ2n) is 9.79. The molecule has 0 amide bonds. The van der Waals surface area contributed by atoms with E-state index >= 15 is 0 Å². The molecule has 3 heteroatoms. The molecule has 3 nitrogen and oxygen atoms in total. The van der Waals surface area contributed by atoms with Crippen LogP contribution in [0.2, 0.25) is 0 Å². The van der Waals surface area contributed by atoms with Crippen LogP contribution in [0.25, 0.3) is 10.8 Å². The summed E-state index contributed by atoms with van der Waals surface area (Å²) in [6.07, 6.45) is 1.62. The maximum absolute atomic E-state index is 11.8. The molecule has 1 atom stereocenters. The number of esters is 1. The summed E-state index contributed by atoms with van der Waals surface area (Å²) in [4.78, 5) is 11.8. The molecule has 0 unspecified atom stereocenters. The number of aliphatic hydroxyl groups is 1. The number of methoxy groups -OCH3 is 1. The van der Waals surface area contributed by atoms with Crippen molar-refractivity contribution in [2.75, 3.05) is 7.11 Å². The lowest BCUT2D eigenvalue weighted by Crippen LogP contribution is -2.34. The highest BCUT2D eigenvalue weighted by Crippen LogP contribution is 2.46. The zero-order valence-electron chi connectivity index (χ0n) is 18.5. The van der Waals surface area contributed by atoms with Crippen LogP contribution >= 0.6 is 0 Å². The van der Waals surface area contributed by atoms with E-state index in [1.54, 1.807) is 6.07 Å². The number of hydrogen-bond donors (Lipinski definition) is 1. The number of aliphatic hydroxyl groups excluding tert-OH is 1. The molecule has 0 radical (unpaired) electrons. The summed E-state index contributed by atoms with van der Waals surface area (Å²) < 4.78 is 4.80. The van der Waals surface area contributed by atoms with E-state index in [1.165, 1.54) is 24.7 Å². The van der Waals surface area contributed by atoms with Gasteiger partial charge < -0.3 is 9.84 Å². The van der Waals surface area contributed by atoms with Crippen molar-refractivity contribution in [1.29, 1.82) is 0 Å². The fraction of sp³-hybridized carbons (Fsp3) is 0.370. The molecule has 1 N–H and O–H groups in total. The summed E-state index contributed by atoms with van der Waals surface area (Å²) in [6.45, 7) is 9.21. The number of benzene rings is 3. The SMILES string of the molecule is COC(=O)c1ccc2cc([C@H](O)c3ccc4c(c3)C(C)(C)CCC4(C)C)ccc2c1. The predicted octanol–water partition coefficient (Wildman–Crippen LogP) is 6.06. The third-order valence-electron chi connectivity index (χ3n) is 6.79. The van der Waals surface area contributed by atoms with E-state index in [-0.39, 0.29) is 16.8 Å². The van der Waals surface area contributed by atoms with Gasteiger partial charge >= 0.3 is 5.97 Å². The summed E-state index contributed by atoms with van der Waals surface area (Å²) in [5.74, 6) is -0.347. The average molecular weight is 403 g/mol. The highest BCUT2D eigenvalue weighted by Gasteiger charge is 2.37. The Morgan fingerprint density at radius 1 is 0.833 bits per heavy atom. The van der Waals surface area contributed by atoms with Gasteiger partial charge in [-0.1, -0.05) is 64.1 Å². The molecule has 0 aliphatic heterocycles. The number of rotatable bonds is 3. The summed E-state index contributed by atoms with van der Waals surface area (Å²) in [5.41, 5.74) is 5.30. The molecule has 156 valence electrons. The van der Waals surface area contributed by atoms with Gasteiger partial charge in [0.05, 0.1) is 12.7 Å². The van der Waals surface area contributed by atoms with Crippen LogP contribution in [-0.4, -0.2) is 18.2 Å². The first-order valence-corrected chi connectivity index (χ1v) is 10.6. The van der Waals surface area contributed by atoms with Crippen LogP contribution in [0.15, 0.2) is 54.6 Å². The third-order valence-corrected chi connectivity index (χ3v) is 6.79. The van der Waals surface area contributed by atoms with Crippen LogP contribution < -0.4 is 0 Å². The number of carbonyl (C=O) groups excluding carboxylic acids is 1. The smallest absolute Gasteiger partial charge is 0.337 e. The topological polar surface area (TPSA) is 46.5 Å². The summed E-state index contributed by atoms with van der Waals surface area (Å²) in [5, 5.41) is 13.1. The third kappa shape index (κ3) is 3.52. The maximum atomic E-state index is 11.8. The van der Waals surface area contributed by atoms with Crippen molar-refractivity contribution in [2.45, 2.75) is 57.5 Å². The van der Waals surface area contributed by atoms with Gasteiger partial charge in [-0.3, -0.25) is 0 Å². The van der Waals surface area contributed by atoms with Gasteiger partial charge in [-0.2, -0.15) is 0 Å². The lowest BCUT2D eigenvalue weighted by atomic mass is 9.63. The van der Waals surface area contributed by atoms with E-state index in [0.29, 0.717) is 5.56 Å². The highest BCUT2D eigenvalue weighted by atomic mass is 16.5. The molecular formula is C27H30O3. The molecule has 4 rings (SSSR count). The Morgan fingerprint density at radius 3 is 2.10 bits per heavy atom. The van der Waals surface area contributed by atoms with Gasteiger partial charge in [-0.05, 0) is 74.9 Å². The zero-order chi connectivity index (χ0) is 21.7. The lowest BCUT2D eigenvalue weighted by molar-refractivity contribution is 0.0601. The normalized spacial score (nSPS) is 17.9. The fourth-order valence-corrected chi connectivity index (χ4v) is 4.65. The maximum Gasteiger partial charge on any atom is 0.337 e. The standard InChI is InChI=1S/C27H30O3/c1-26(2)12-13-27(3,4)23-16-20(10-11-22(23)26)24(28)19-8-6-18-15-21(25(29)30-5)9-7-17(18)14-19/h6-11,14-16,24,28H,12-13H2,1-5H3/t24-/m0/s1. The summed E-state index contributed by atoms with van der Waals surface area (Å²) in [7, 11) is 1.38. The summed E-state index contributed by atoms with van der Waals surface area (Å²) >= 11 is 0. The summed E-state index contributed by atoms with van der Waals surface area (Å²) in [6, 6.07) is 17.8. The molecule has 0 heterocycles. The molecule has 1 aliphatic rings. The van der Waals surface area contributed by atoms with E-state index in [0.717, 1.165) is 28.3 Å². The van der Waals surface area contributed by atoms with Crippen LogP contribution in [0.5, 0.6) is 0 Å². The number of fused-ring (bicyclic) bond motifs is 2. The van der Waals surface area contributed by atoms with Crippen molar-refractivity contribution in [1.82, 2.24) is 0 Å². The van der Waals surface area contributed by atoms with E-state index in [4.69, 9.17) is 4.74 Å². The first-order chi connectivity index (χ1) is 14.1. The lowest BCUT2D eigenvalue weighted by Gasteiger charge is -2.42. The Bertz CT molecular complexity index is 1120. The number of hydrogen-bond acceptors (Lipinski definition) is 3. The highest BCUT2D eigenvalue weighted by molar-refractivity contribution is 5.95. The van der Waals surface area contributed by atoms with Crippen molar-refractivity contribution in [3.8, 4) is 0 Å².